The van der Waals surface area contributed by atoms with Gasteiger partial charge >= 0.3 is 0 Å². The number of ether oxygens (including phenoxy) is 1. The monoisotopic (exact) mass is 234 g/mol. The van der Waals surface area contributed by atoms with Crippen molar-refractivity contribution >= 4 is 11.6 Å². The maximum atomic E-state index is 12.0. The number of amides is 1. The Bertz CT molecular complexity index is 404. The van der Waals surface area contributed by atoms with Crippen LogP contribution in [0.1, 0.15) is 12.0 Å². The predicted octanol–water partition coefficient (Wildman–Crippen LogP) is 1.08. The number of benzene rings is 1. The van der Waals surface area contributed by atoms with E-state index >= 15 is 0 Å². The van der Waals surface area contributed by atoms with Gasteiger partial charge < -0.3 is 15.4 Å². The Balaban J connectivity index is 2.27. The third kappa shape index (κ3) is 2.65. The molecule has 1 unspecified atom stereocenters. The van der Waals surface area contributed by atoms with Crippen molar-refractivity contribution in [2.45, 2.75) is 19.4 Å². The van der Waals surface area contributed by atoms with Gasteiger partial charge in [0, 0.05) is 5.69 Å². The highest BCUT2D eigenvalue weighted by Gasteiger charge is 2.29. The fraction of sp³-hybridized carbons (Fsp3) is 0.462. The van der Waals surface area contributed by atoms with Crippen molar-refractivity contribution in [3.63, 3.8) is 0 Å². The maximum Gasteiger partial charge on any atom is 0.253 e. The van der Waals surface area contributed by atoms with Gasteiger partial charge in [0.15, 0.2) is 0 Å². The van der Waals surface area contributed by atoms with Gasteiger partial charge in [-0.1, -0.05) is 12.1 Å². The molecule has 2 rings (SSSR count). The molecule has 0 spiro atoms. The van der Waals surface area contributed by atoms with Crippen LogP contribution < -0.4 is 10.6 Å². The molecule has 0 bridgehead atoms. The van der Waals surface area contributed by atoms with Crippen molar-refractivity contribution in [3.8, 4) is 0 Å². The minimum Gasteiger partial charge on any atom is -0.369 e. The van der Waals surface area contributed by atoms with Crippen LogP contribution in [0.25, 0.3) is 0 Å². The number of carbonyl (C=O) groups excluding carboxylic acids is 1. The predicted molar refractivity (Wildman–Crippen MR) is 66.9 cm³/mol. The lowest BCUT2D eigenvalue weighted by molar-refractivity contribution is -0.127. The van der Waals surface area contributed by atoms with Gasteiger partial charge in [0.25, 0.3) is 5.91 Å². The topological polar surface area (TPSA) is 55.6 Å². The standard InChI is InChI=1S/C13H18N2O2/c1-10-3-2-4-11(7-10)15-12(5-6-14)8-17-9-13(15)16/h2-4,7,12H,5-6,8-9,14H2,1H3. The Labute approximate surface area is 101 Å². The van der Waals surface area contributed by atoms with Crippen LogP contribution in [0.4, 0.5) is 5.69 Å². The lowest BCUT2D eigenvalue weighted by Crippen LogP contribution is -2.50. The third-order valence-electron chi connectivity index (χ3n) is 2.95. The number of hydrogen-bond acceptors (Lipinski definition) is 3. The van der Waals surface area contributed by atoms with Crippen LogP contribution in [0.5, 0.6) is 0 Å². The van der Waals surface area contributed by atoms with Crippen LogP contribution in [0, 0.1) is 6.92 Å². The molecular weight excluding hydrogens is 216 g/mol. The number of nitrogens with zero attached hydrogens (tertiary/aromatic N) is 1. The quantitative estimate of drug-likeness (QED) is 0.851. The summed E-state index contributed by atoms with van der Waals surface area (Å²) in [5.41, 5.74) is 7.67. The number of carbonyl (C=O) groups is 1. The second kappa shape index (κ2) is 5.29. The molecule has 1 aliphatic heterocycles. The Kier molecular flexibility index (Phi) is 3.76. The van der Waals surface area contributed by atoms with Crippen LogP contribution in [0.15, 0.2) is 24.3 Å². The van der Waals surface area contributed by atoms with Crippen LogP contribution >= 0.6 is 0 Å². The molecule has 0 aromatic heterocycles. The lowest BCUT2D eigenvalue weighted by Gasteiger charge is -2.35. The smallest absolute Gasteiger partial charge is 0.253 e. The first kappa shape index (κ1) is 12.1. The van der Waals surface area contributed by atoms with Gasteiger partial charge in [0.1, 0.15) is 6.61 Å². The molecule has 1 heterocycles. The minimum atomic E-state index is 0.0142. The van der Waals surface area contributed by atoms with Gasteiger partial charge in [0.05, 0.1) is 12.6 Å². The number of aryl methyl sites for hydroxylation is 1. The second-order valence-corrected chi connectivity index (χ2v) is 4.35. The largest absolute Gasteiger partial charge is 0.369 e. The number of rotatable bonds is 3. The van der Waals surface area contributed by atoms with E-state index in [9.17, 15) is 4.79 Å². The Morgan fingerprint density at radius 2 is 2.35 bits per heavy atom. The zero-order valence-electron chi connectivity index (χ0n) is 10.1. The first-order chi connectivity index (χ1) is 8.22. The average Bonchev–Trinajstić information content (AvgIpc) is 2.29. The van der Waals surface area contributed by atoms with Crippen molar-refractivity contribution in [2.75, 3.05) is 24.7 Å². The molecule has 1 atom stereocenters. The van der Waals surface area contributed by atoms with Crippen molar-refractivity contribution in [1.82, 2.24) is 0 Å². The summed E-state index contributed by atoms with van der Waals surface area (Å²) >= 11 is 0. The maximum absolute atomic E-state index is 12.0. The Morgan fingerprint density at radius 1 is 1.53 bits per heavy atom. The SMILES string of the molecule is Cc1cccc(N2C(=O)COCC2CCN)c1. The normalized spacial score (nSPS) is 20.7. The molecule has 0 saturated carbocycles. The van der Waals surface area contributed by atoms with E-state index in [1.807, 2.05) is 36.1 Å². The molecule has 1 aromatic rings. The van der Waals surface area contributed by atoms with E-state index in [1.165, 1.54) is 0 Å². The molecule has 1 saturated heterocycles. The molecule has 2 N–H and O–H groups in total. The summed E-state index contributed by atoms with van der Waals surface area (Å²) in [6.07, 6.45) is 0.764. The van der Waals surface area contributed by atoms with E-state index < -0.39 is 0 Å². The zero-order valence-corrected chi connectivity index (χ0v) is 10.1. The van der Waals surface area contributed by atoms with Crippen molar-refractivity contribution < 1.29 is 9.53 Å². The highest BCUT2D eigenvalue weighted by Crippen LogP contribution is 2.22. The molecule has 1 aliphatic rings. The molecule has 17 heavy (non-hydrogen) atoms. The van der Waals surface area contributed by atoms with E-state index in [2.05, 4.69) is 0 Å². The Hall–Kier alpha value is -1.39. The number of anilines is 1. The highest BCUT2D eigenvalue weighted by atomic mass is 16.5. The number of nitrogens with two attached hydrogens (primary N) is 1. The van der Waals surface area contributed by atoms with Crippen molar-refractivity contribution in [1.29, 1.82) is 0 Å². The van der Waals surface area contributed by atoms with Gasteiger partial charge in [-0.2, -0.15) is 0 Å². The minimum absolute atomic E-state index is 0.0142. The molecule has 92 valence electrons. The Morgan fingerprint density at radius 3 is 3.06 bits per heavy atom. The summed E-state index contributed by atoms with van der Waals surface area (Å²) in [7, 11) is 0. The fourth-order valence-electron chi connectivity index (χ4n) is 2.17. The first-order valence-electron chi connectivity index (χ1n) is 5.89. The van der Waals surface area contributed by atoms with E-state index in [1.54, 1.807) is 0 Å². The summed E-state index contributed by atoms with van der Waals surface area (Å²) in [6.45, 7) is 3.31. The molecule has 1 fully saturated rings. The molecule has 0 aliphatic carbocycles. The highest BCUT2D eigenvalue weighted by molar-refractivity contribution is 5.95. The van der Waals surface area contributed by atoms with Gasteiger partial charge in [-0.25, -0.2) is 0 Å². The number of hydrogen-bond donors (Lipinski definition) is 1. The molecule has 4 heteroatoms. The average molecular weight is 234 g/mol. The fourth-order valence-corrected chi connectivity index (χ4v) is 2.17. The van der Waals surface area contributed by atoms with E-state index in [0.29, 0.717) is 13.2 Å². The summed E-state index contributed by atoms with van der Waals surface area (Å²) in [5, 5.41) is 0. The van der Waals surface area contributed by atoms with Crippen LogP contribution in [-0.2, 0) is 9.53 Å². The molecular formula is C13H18N2O2. The van der Waals surface area contributed by atoms with Gasteiger partial charge in [-0.3, -0.25) is 4.79 Å². The van der Waals surface area contributed by atoms with Gasteiger partial charge in [-0.05, 0) is 37.6 Å². The summed E-state index contributed by atoms with van der Waals surface area (Å²) < 4.78 is 5.28. The number of morpholine rings is 1. The van der Waals surface area contributed by atoms with Crippen LogP contribution in [-0.4, -0.2) is 31.7 Å². The molecule has 4 nitrogen and oxygen atoms in total. The zero-order chi connectivity index (χ0) is 12.3. The molecule has 1 aromatic carbocycles. The third-order valence-corrected chi connectivity index (χ3v) is 2.95. The first-order valence-corrected chi connectivity index (χ1v) is 5.89. The van der Waals surface area contributed by atoms with Crippen LogP contribution in [0.3, 0.4) is 0 Å². The van der Waals surface area contributed by atoms with Gasteiger partial charge in [0.2, 0.25) is 0 Å². The van der Waals surface area contributed by atoms with Crippen molar-refractivity contribution in [2.24, 2.45) is 5.73 Å². The van der Waals surface area contributed by atoms with Crippen LogP contribution in [0.2, 0.25) is 0 Å². The molecule has 0 radical (unpaired) electrons. The molecule has 1 amide bonds. The van der Waals surface area contributed by atoms with E-state index in [4.69, 9.17) is 10.5 Å². The summed E-state index contributed by atoms with van der Waals surface area (Å²) in [6, 6.07) is 8.02. The van der Waals surface area contributed by atoms with E-state index in [0.717, 1.165) is 17.7 Å². The second-order valence-electron chi connectivity index (χ2n) is 4.35. The van der Waals surface area contributed by atoms with E-state index in [-0.39, 0.29) is 18.6 Å². The van der Waals surface area contributed by atoms with Gasteiger partial charge in [-0.15, -0.1) is 0 Å². The summed E-state index contributed by atoms with van der Waals surface area (Å²) in [5.74, 6) is 0.0142. The lowest BCUT2D eigenvalue weighted by atomic mass is 10.1. The summed E-state index contributed by atoms with van der Waals surface area (Å²) in [4.78, 5) is 13.8. The van der Waals surface area contributed by atoms with Crippen molar-refractivity contribution in [3.05, 3.63) is 29.8 Å².